The van der Waals surface area contributed by atoms with Crippen molar-refractivity contribution in [2.45, 2.75) is 0 Å². The van der Waals surface area contributed by atoms with Crippen LogP contribution in [0.4, 0.5) is 0 Å². The van der Waals surface area contributed by atoms with Crippen LogP contribution < -0.4 is 5.43 Å². The lowest BCUT2D eigenvalue weighted by atomic mass is 10.2. The molecule has 6 nitrogen and oxygen atoms in total. The average molecular weight is 278 g/mol. The number of aromatic hydroxyl groups is 3. The Labute approximate surface area is 112 Å². The van der Waals surface area contributed by atoms with Gasteiger partial charge in [-0.1, -0.05) is 0 Å². The van der Waals surface area contributed by atoms with Crippen LogP contribution >= 0.6 is 11.3 Å². The maximum Gasteiger partial charge on any atom is 0.271 e. The summed E-state index contributed by atoms with van der Waals surface area (Å²) < 4.78 is 0. The lowest BCUT2D eigenvalue weighted by Crippen LogP contribution is -2.17. The molecule has 4 N–H and O–H groups in total. The molecule has 0 saturated carbocycles. The van der Waals surface area contributed by atoms with E-state index in [2.05, 4.69) is 10.5 Å². The highest BCUT2D eigenvalue weighted by Crippen LogP contribution is 2.35. The van der Waals surface area contributed by atoms with Crippen LogP contribution in [0.15, 0.2) is 34.1 Å². The van der Waals surface area contributed by atoms with Crippen LogP contribution in [0.3, 0.4) is 0 Å². The molecule has 0 spiro atoms. The molecule has 1 heterocycles. The van der Waals surface area contributed by atoms with Crippen LogP contribution in [0, 0.1) is 0 Å². The van der Waals surface area contributed by atoms with Gasteiger partial charge in [-0.25, -0.2) is 5.43 Å². The van der Waals surface area contributed by atoms with E-state index in [-0.39, 0.29) is 5.56 Å². The number of rotatable bonds is 3. The normalized spacial score (nSPS) is 10.7. The van der Waals surface area contributed by atoms with E-state index in [1.54, 1.807) is 0 Å². The second-order valence-corrected chi connectivity index (χ2v) is 4.40. The van der Waals surface area contributed by atoms with Crippen molar-refractivity contribution in [1.82, 2.24) is 5.43 Å². The van der Waals surface area contributed by atoms with E-state index >= 15 is 0 Å². The molecule has 1 aromatic heterocycles. The molecule has 0 unspecified atom stereocenters. The van der Waals surface area contributed by atoms with E-state index in [4.69, 9.17) is 5.11 Å². The van der Waals surface area contributed by atoms with Gasteiger partial charge in [-0.05, 0) is 29.0 Å². The van der Waals surface area contributed by atoms with Gasteiger partial charge in [0, 0.05) is 11.1 Å². The topological polar surface area (TPSA) is 102 Å². The Morgan fingerprint density at radius 1 is 1.26 bits per heavy atom. The molecule has 0 bridgehead atoms. The smallest absolute Gasteiger partial charge is 0.271 e. The van der Waals surface area contributed by atoms with Crippen LogP contribution in [0.25, 0.3) is 0 Å². The molecule has 0 aliphatic heterocycles. The number of hydrogen-bond donors (Lipinski definition) is 4. The van der Waals surface area contributed by atoms with Gasteiger partial charge in [0.15, 0.2) is 17.2 Å². The first-order chi connectivity index (χ1) is 9.08. The average Bonchev–Trinajstić information content (AvgIpc) is 2.88. The third kappa shape index (κ3) is 3.02. The van der Waals surface area contributed by atoms with Crippen molar-refractivity contribution >= 4 is 23.5 Å². The highest BCUT2D eigenvalue weighted by atomic mass is 32.1. The van der Waals surface area contributed by atoms with Crippen LogP contribution in [0.1, 0.15) is 15.9 Å². The van der Waals surface area contributed by atoms with E-state index < -0.39 is 23.2 Å². The fourth-order valence-corrected chi connectivity index (χ4v) is 1.92. The molecule has 19 heavy (non-hydrogen) atoms. The molecule has 1 amide bonds. The molecule has 0 radical (unpaired) electrons. The zero-order chi connectivity index (χ0) is 13.8. The van der Waals surface area contributed by atoms with Gasteiger partial charge in [0.25, 0.3) is 5.91 Å². The lowest BCUT2D eigenvalue weighted by molar-refractivity contribution is 0.0954. The minimum atomic E-state index is -0.668. The fourth-order valence-electron chi connectivity index (χ4n) is 1.31. The van der Waals surface area contributed by atoms with Gasteiger partial charge >= 0.3 is 0 Å². The number of hydrazone groups is 1. The number of nitrogens with one attached hydrogen (secondary N) is 1. The quantitative estimate of drug-likeness (QED) is 0.389. The van der Waals surface area contributed by atoms with Gasteiger partial charge in [-0.2, -0.15) is 16.4 Å². The summed E-state index contributed by atoms with van der Waals surface area (Å²) >= 11 is 1.50. The molecule has 0 aliphatic carbocycles. The van der Waals surface area contributed by atoms with E-state index in [0.717, 1.165) is 17.7 Å². The minimum absolute atomic E-state index is 0.0183. The fraction of sp³-hybridized carbons (Fsp3) is 0. The number of nitrogens with zero attached hydrogens (tertiary/aromatic N) is 1. The molecule has 7 heteroatoms. The van der Waals surface area contributed by atoms with Gasteiger partial charge < -0.3 is 15.3 Å². The summed E-state index contributed by atoms with van der Waals surface area (Å²) in [6.45, 7) is 0. The second kappa shape index (κ2) is 5.40. The maximum absolute atomic E-state index is 11.7. The Morgan fingerprint density at radius 3 is 2.53 bits per heavy atom. The molecular formula is C12H10N2O4S. The molecule has 0 saturated heterocycles. The van der Waals surface area contributed by atoms with Crippen molar-refractivity contribution in [2.75, 3.05) is 0 Å². The van der Waals surface area contributed by atoms with E-state index in [1.165, 1.54) is 17.6 Å². The summed E-state index contributed by atoms with van der Waals surface area (Å²) in [5.41, 5.74) is 3.07. The number of carbonyl (C=O) groups excluding carboxylic acids is 1. The zero-order valence-electron chi connectivity index (χ0n) is 9.57. The van der Waals surface area contributed by atoms with Gasteiger partial charge in [0.1, 0.15) is 0 Å². The SMILES string of the molecule is O=C(NN=Cc1ccsc1)c1cc(O)c(O)c(O)c1. The van der Waals surface area contributed by atoms with Crippen LogP contribution in [-0.2, 0) is 0 Å². The third-order valence-corrected chi connectivity index (χ3v) is 2.96. The van der Waals surface area contributed by atoms with Crippen LogP contribution in [-0.4, -0.2) is 27.4 Å². The highest BCUT2D eigenvalue weighted by molar-refractivity contribution is 7.08. The van der Waals surface area contributed by atoms with Crippen LogP contribution in [0.2, 0.25) is 0 Å². The molecule has 0 fully saturated rings. The molecule has 0 atom stereocenters. The Morgan fingerprint density at radius 2 is 1.95 bits per heavy atom. The van der Waals surface area contributed by atoms with Gasteiger partial charge in [0.05, 0.1) is 6.21 Å². The maximum atomic E-state index is 11.7. The van der Waals surface area contributed by atoms with Crippen molar-refractivity contribution in [1.29, 1.82) is 0 Å². The number of phenols is 3. The molecule has 2 aromatic rings. The lowest BCUT2D eigenvalue weighted by Gasteiger charge is -2.04. The predicted octanol–water partition coefficient (Wildman–Crippen LogP) is 1.63. The molecule has 1 aromatic carbocycles. The number of thiophene rings is 1. The first-order valence-corrected chi connectivity index (χ1v) is 6.13. The highest BCUT2D eigenvalue weighted by Gasteiger charge is 2.12. The summed E-state index contributed by atoms with van der Waals surface area (Å²) in [7, 11) is 0. The minimum Gasteiger partial charge on any atom is -0.504 e. The summed E-state index contributed by atoms with van der Waals surface area (Å²) in [5, 5.41) is 35.2. The monoisotopic (exact) mass is 278 g/mol. The number of phenolic OH excluding ortho intramolecular Hbond substituents is 3. The largest absolute Gasteiger partial charge is 0.504 e. The van der Waals surface area contributed by atoms with Crippen molar-refractivity contribution < 1.29 is 20.1 Å². The van der Waals surface area contributed by atoms with E-state index in [9.17, 15) is 15.0 Å². The summed E-state index contributed by atoms with van der Waals surface area (Å²) in [6.07, 6.45) is 1.47. The summed E-state index contributed by atoms with van der Waals surface area (Å²) in [4.78, 5) is 11.7. The Hall–Kier alpha value is -2.54. The van der Waals surface area contributed by atoms with E-state index in [0.29, 0.717) is 0 Å². The Bertz CT molecular complexity index is 600. The molecule has 0 aliphatic rings. The van der Waals surface area contributed by atoms with Crippen molar-refractivity contribution in [3.63, 3.8) is 0 Å². The van der Waals surface area contributed by atoms with Gasteiger partial charge in [-0.3, -0.25) is 4.79 Å². The van der Waals surface area contributed by atoms with Crippen LogP contribution in [0.5, 0.6) is 17.2 Å². The first kappa shape index (κ1) is 12.9. The van der Waals surface area contributed by atoms with Crippen molar-refractivity contribution in [3.8, 4) is 17.2 Å². The second-order valence-electron chi connectivity index (χ2n) is 3.62. The van der Waals surface area contributed by atoms with Crippen molar-refractivity contribution in [3.05, 3.63) is 40.1 Å². The Balaban J connectivity index is 2.08. The molecular weight excluding hydrogens is 268 g/mol. The third-order valence-electron chi connectivity index (χ3n) is 2.25. The first-order valence-electron chi connectivity index (χ1n) is 5.18. The number of hydrogen-bond acceptors (Lipinski definition) is 6. The Kier molecular flexibility index (Phi) is 3.67. The summed E-state index contributed by atoms with van der Waals surface area (Å²) in [5.74, 6) is -2.44. The number of carbonyl (C=O) groups is 1. The zero-order valence-corrected chi connectivity index (χ0v) is 10.4. The van der Waals surface area contributed by atoms with Gasteiger partial charge in [-0.15, -0.1) is 0 Å². The number of amides is 1. The number of benzene rings is 1. The molecule has 98 valence electrons. The van der Waals surface area contributed by atoms with E-state index in [1.807, 2.05) is 16.8 Å². The van der Waals surface area contributed by atoms with Gasteiger partial charge in [0.2, 0.25) is 0 Å². The molecule has 2 rings (SSSR count). The standard InChI is InChI=1S/C12H10N2O4S/c15-9-3-8(4-10(16)11(9)17)12(18)14-13-5-7-1-2-19-6-7/h1-6,15-17H,(H,14,18). The predicted molar refractivity (Wildman–Crippen MR) is 70.8 cm³/mol. The van der Waals surface area contributed by atoms with Crippen molar-refractivity contribution in [2.24, 2.45) is 5.10 Å². The summed E-state index contributed by atoms with van der Waals surface area (Å²) in [6, 6.07) is 3.90.